The predicted octanol–water partition coefficient (Wildman–Crippen LogP) is 3.02. The topological polar surface area (TPSA) is 73.9 Å². The number of hydrogen-bond donors (Lipinski definition) is 1. The van der Waals surface area contributed by atoms with Crippen LogP contribution in [0.25, 0.3) is 0 Å². The Hall–Kier alpha value is -3.09. The summed E-state index contributed by atoms with van der Waals surface area (Å²) >= 11 is 0. The van der Waals surface area contributed by atoms with Gasteiger partial charge in [0.1, 0.15) is 5.82 Å². The zero-order valence-corrected chi connectivity index (χ0v) is 16.2. The summed E-state index contributed by atoms with van der Waals surface area (Å²) in [4.78, 5) is 24.2. The SMILES string of the molecule is COc1cccc(CCC(=O)O[C@@H](C)C(=O)NCc2ccc(F)cc2)c1OC. The highest BCUT2D eigenvalue weighted by Gasteiger charge is 2.18. The van der Waals surface area contributed by atoms with Crippen molar-refractivity contribution in [1.29, 1.82) is 0 Å². The molecule has 0 heterocycles. The monoisotopic (exact) mass is 389 g/mol. The van der Waals surface area contributed by atoms with Crippen LogP contribution in [-0.2, 0) is 27.3 Å². The summed E-state index contributed by atoms with van der Waals surface area (Å²) in [6.07, 6.45) is -0.442. The fraction of sp³-hybridized carbons (Fsp3) is 0.333. The maximum absolute atomic E-state index is 12.9. The van der Waals surface area contributed by atoms with Crippen LogP contribution < -0.4 is 14.8 Å². The quantitative estimate of drug-likeness (QED) is 0.668. The number of nitrogens with one attached hydrogen (secondary N) is 1. The summed E-state index contributed by atoms with van der Waals surface area (Å²) in [6, 6.07) is 11.2. The molecule has 0 fully saturated rings. The molecule has 0 saturated heterocycles. The molecule has 0 radical (unpaired) electrons. The summed E-state index contributed by atoms with van der Waals surface area (Å²) in [6.45, 7) is 1.73. The van der Waals surface area contributed by atoms with Crippen molar-refractivity contribution < 1.29 is 28.2 Å². The van der Waals surface area contributed by atoms with Crippen LogP contribution in [0, 0.1) is 5.82 Å². The number of para-hydroxylation sites is 1. The number of esters is 1. The molecule has 0 spiro atoms. The lowest BCUT2D eigenvalue weighted by Gasteiger charge is -2.15. The molecule has 0 aliphatic carbocycles. The van der Waals surface area contributed by atoms with E-state index < -0.39 is 18.0 Å². The number of hydrogen-bond acceptors (Lipinski definition) is 5. The van der Waals surface area contributed by atoms with E-state index in [1.165, 1.54) is 26.2 Å². The third kappa shape index (κ3) is 5.97. The number of aryl methyl sites for hydroxylation is 1. The Kier molecular flexibility index (Phi) is 7.80. The Morgan fingerprint density at radius 2 is 1.79 bits per heavy atom. The zero-order valence-electron chi connectivity index (χ0n) is 16.2. The van der Waals surface area contributed by atoms with Gasteiger partial charge in [-0.25, -0.2) is 4.39 Å². The van der Waals surface area contributed by atoms with Crippen LogP contribution in [0.5, 0.6) is 11.5 Å². The van der Waals surface area contributed by atoms with Crippen LogP contribution in [0.2, 0.25) is 0 Å². The highest BCUT2D eigenvalue weighted by molar-refractivity contribution is 5.83. The minimum atomic E-state index is -0.930. The van der Waals surface area contributed by atoms with E-state index in [-0.39, 0.29) is 18.8 Å². The average molecular weight is 389 g/mol. The Bertz CT molecular complexity index is 807. The highest BCUT2D eigenvalue weighted by Crippen LogP contribution is 2.31. The molecule has 1 amide bonds. The molecule has 0 bridgehead atoms. The van der Waals surface area contributed by atoms with Gasteiger partial charge in [-0.3, -0.25) is 9.59 Å². The molecular formula is C21H24FNO5. The van der Waals surface area contributed by atoms with Gasteiger partial charge in [0.05, 0.1) is 14.2 Å². The van der Waals surface area contributed by atoms with Crippen LogP contribution >= 0.6 is 0 Å². The fourth-order valence-electron chi connectivity index (χ4n) is 2.63. The van der Waals surface area contributed by atoms with Gasteiger partial charge >= 0.3 is 5.97 Å². The van der Waals surface area contributed by atoms with E-state index in [0.717, 1.165) is 11.1 Å². The first-order chi connectivity index (χ1) is 13.4. The average Bonchev–Trinajstić information content (AvgIpc) is 2.70. The number of amides is 1. The predicted molar refractivity (Wildman–Crippen MR) is 102 cm³/mol. The van der Waals surface area contributed by atoms with Gasteiger partial charge in [-0.1, -0.05) is 24.3 Å². The second kappa shape index (κ2) is 10.3. The van der Waals surface area contributed by atoms with Crippen molar-refractivity contribution in [2.75, 3.05) is 14.2 Å². The van der Waals surface area contributed by atoms with Crippen LogP contribution in [0.3, 0.4) is 0 Å². The van der Waals surface area contributed by atoms with Gasteiger partial charge in [0.15, 0.2) is 17.6 Å². The van der Waals surface area contributed by atoms with Crippen LogP contribution in [0.15, 0.2) is 42.5 Å². The molecule has 150 valence electrons. The molecule has 0 aliphatic heterocycles. The minimum Gasteiger partial charge on any atom is -0.493 e. The van der Waals surface area contributed by atoms with Crippen molar-refractivity contribution in [2.24, 2.45) is 0 Å². The summed E-state index contributed by atoms with van der Waals surface area (Å²) in [5, 5.41) is 2.66. The summed E-state index contributed by atoms with van der Waals surface area (Å²) in [5.74, 6) is -0.0965. The molecule has 0 aromatic heterocycles. The van der Waals surface area contributed by atoms with Crippen LogP contribution in [0.1, 0.15) is 24.5 Å². The summed E-state index contributed by atoms with van der Waals surface area (Å²) < 4.78 is 28.6. The molecule has 6 nitrogen and oxygen atoms in total. The fourth-order valence-corrected chi connectivity index (χ4v) is 2.63. The maximum Gasteiger partial charge on any atom is 0.306 e. The zero-order chi connectivity index (χ0) is 20.5. The van der Waals surface area contributed by atoms with Crippen molar-refractivity contribution in [3.63, 3.8) is 0 Å². The van der Waals surface area contributed by atoms with Gasteiger partial charge in [0, 0.05) is 13.0 Å². The van der Waals surface area contributed by atoms with Gasteiger partial charge in [-0.15, -0.1) is 0 Å². The normalized spacial score (nSPS) is 11.4. The molecule has 28 heavy (non-hydrogen) atoms. The second-order valence-corrected chi connectivity index (χ2v) is 6.13. The first kappa shape index (κ1) is 21.2. The molecule has 2 aromatic rings. The van der Waals surface area contributed by atoms with Gasteiger partial charge in [0.25, 0.3) is 5.91 Å². The van der Waals surface area contributed by atoms with E-state index >= 15 is 0 Å². The van der Waals surface area contributed by atoms with E-state index in [2.05, 4.69) is 5.32 Å². The number of carbonyl (C=O) groups is 2. The first-order valence-electron chi connectivity index (χ1n) is 8.86. The summed E-state index contributed by atoms with van der Waals surface area (Å²) in [7, 11) is 3.08. The largest absolute Gasteiger partial charge is 0.493 e. The van der Waals surface area contributed by atoms with E-state index in [9.17, 15) is 14.0 Å². The lowest BCUT2D eigenvalue weighted by atomic mass is 10.1. The lowest BCUT2D eigenvalue weighted by Crippen LogP contribution is -2.35. The number of benzene rings is 2. The van der Waals surface area contributed by atoms with Crippen LogP contribution in [-0.4, -0.2) is 32.2 Å². The molecular weight excluding hydrogens is 365 g/mol. The number of methoxy groups -OCH3 is 2. The Morgan fingerprint density at radius 3 is 2.43 bits per heavy atom. The van der Waals surface area contributed by atoms with E-state index in [1.807, 2.05) is 12.1 Å². The number of ether oxygens (including phenoxy) is 3. The van der Waals surface area contributed by atoms with Crippen molar-refractivity contribution in [2.45, 2.75) is 32.4 Å². The maximum atomic E-state index is 12.9. The van der Waals surface area contributed by atoms with Crippen LogP contribution in [0.4, 0.5) is 4.39 Å². The Morgan fingerprint density at radius 1 is 1.07 bits per heavy atom. The second-order valence-electron chi connectivity index (χ2n) is 6.13. The molecule has 0 unspecified atom stereocenters. The van der Waals surface area contributed by atoms with Gasteiger partial charge in [-0.2, -0.15) is 0 Å². The number of halogens is 1. The van der Waals surface area contributed by atoms with E-state index in [4.69, 9.17) is 14.2 Å². The third-order valence-corrected chi connectivity index (χ3v) is 4.14. The number of rotatable bonds is 9. The van der Waals surface area contributed by atoms with Crippen molar-refractivity contribution in [3.05, 3.63) is 59.4 Å². The first-order valence-corrected chi connectivity index (χ1v) is 8.86. The third-order valence-electron chi connectivity index (χ3n) is 4.14. The van der Waals surface area contributed by atoms with Crippen molar-refractivity contribution >= 4 is 11.9 Å². The van der Waals surface area contributed by atoms with Crippen molar-refractivity contribution in [3.8, 4) is 11.5 Å². The lowest BCUT2D eigenvalue weighted by molar-refractivity contribution is -0.154. The van der Waals surface area contributed by atoms with Gasteiger partial charge in [0.2, 0.25) is 0 Å². The van der Waals surface area contributed by atoms with Gasteiger partial charge < -0.3 is 19.5 Å². The molecule has 2 rings (SSSR count). The number of carbonyl (C=O) groups excluding carboxylic acids is 2. The smallest absolute Gasteiger partial charge is 0.306 e. The van der Waals surface area contributed by atoms with Crippen molar-refractivity contribution in [1.82, 2.24) is 5.32 Å². The molecule has 0 saturated carbocycles. The molecule has 1 N–H and O–H groups in total. The molecule has 7 heteroatoms. The van der Waals surface area contributed by atoms with E-state index in [1.54, 1.807) is 25.3 Å². The molecule has 2 aromatic carbocycles. The Labute approximate surface area is 163 Å². The van der Waals surface area contributed by atoms with Gasteiger partial charge in [-0.05, 0) is 42.7 Å². The molecule has 0 aliphatic rings. The molecule has 1 atom stereocenters. The standard InChI is InChI=1S/C21H24FNO5/c1-14(21(25)23-13-15-7-10-17(22)11-8-15)28-19(24)12-9-16-5-4-6-18(26-2)20(16)27-3/h4-8,10-11,14H,9,12-13H2,1-3H3,(H,23,25)/t14-/m0/s1. The summed E-state index contributed by atoms with van der Waals surface area (Å²) in [5.41, 5.74) is 1.56. The van der Waals surface area contributed by atoms with E-state index in [0.29, 0.717) is 17.9 Å². The highest BCUT2D eigenvalue weighted by atomic mass is 19.1. The minimum absolute atomic E-state index is 0.0963. The Balaban J connectivity index is 1.82.